The second-order valence-corrected chi connectivity index (χ2v) is 7.83. The van der Waals surface area contributed by atoms with Gasteiger partial charge in [0.1, 0.15) is 5.69 Å². The van der Waals surface area contributed by atoms with Crippen LogP contribution < -0.4 is 10.0 Å². The Bertz CT molecular complexity index is 963. The van der Waals surface area contributed by atoms with Gasteiger partial charge in [-0.3, -0.25) is 9.52 Å². The van der Waals surface area contributed by atoms with Crippen LogP contribution in [0.1, 0.15) is 44.6 Å². The summed E-state index contributed by atoms with van der Waals surface area (Å²) in [6, 6.07) is 6.73. The third-order valence-corrected chi connectivity index (χ3v) is 4.59. The summed E-state index contributed by atoms with van der Waals surface area (Å²) >= 11 is 0. The van der Waals surface area contributed by atoms with Gasteiger partial charge in [-0.1, -0.05) is 19.1 Å². The molecule has 0 unspecified atom stereocenters. The number of hydrogen-bond donors (Lipinski definition) is 3. The summed E-state index contributed by atoms with van der Waals surface area (Å²) in [6.07, 6.45) is 1.62. The first-order valence-electron chi connectivity index (χ1n) is 8.31. The second-order valence-electron chi connectivity index (χ2n) is 6.08. The Kier molecular flexibility index (Phi) is 6.27. The standard InChI is InChI=1S/C18H23N3O5S/c1-5-14-15(18(23)26-3)11(2)16(20-14)17(22)19-10-12-7-6-8-13(9-12)21-27(4,24)25/h6-9,20-21H,5,10H2,1-4H3,(H,19,22). The third-order valence-electron chi connectivity index (χ3n) is 3.98. The molecule has 1 amide bonds. The number of methoxy groups -OCH3 is 1. The summed E-state index contributed by atoms with van der Waals surface area (Å²) in [7, 11) is -2.08. The lowest BCUT2D eigenvalue weighted by atomic mass is 10.1. The van der Waals surface area contributed by atoms with Gasteiger partial charge in [-0.2, -0.15) is 0 Å². The molecule has 1 aromatic heterocycles. The Morgan fingerprint density at radius 2 is 1.96 bits per heavy atom. The lowest BCUT2D eigenvalue weighted by Gasteiger charge is -2.08. The van der Waals surface area contributed by atoms with E-state index in [4.69, 9.17) is 4.74 Å². The summed E-state index contributed by atoms with van der Waals surface area (Å²) in [5, 5.41) is 2.77. The van der Waals surface area contributed by atoms with Gasteiger partial charge in [0, 0.05) is 17.9 Å². The van der Waals surface area contributed by atoms with Crippen molar-refractivity contribution in [1.82, 2.24) is 10.3 Å². The molecule has 0 aliphatic heterocycles. The molecular weight excluding hydrogens is 370 g/mol. The number of carbonyl (C=O) groups excluding carboxylic acids is 2. The van der Waals surface area contributed by atoms with E-state index in [2.05, 4.69) is 15.0 Å². The average molecular weight is 393 g/mol. The average Bonchev–Trinajstić information content (AvgIpc) is 2.94. The van der Waals surface area contributed by atoms with E-state index in [1.54, 1.807) is 31.2 Å². The summed E-state index contributed by atoms with van der Waals surface area (Å²) in [4.78, 5) is 27.5. The minimum atomic E-state index is -3.38. The van der Waals surface area contributed by atoms with E-state index in [9.17, 15) is 18.0 Å². The summed E-state index contributed by atoms with van der Waals surface area (Å²) in [5.74, 6) is -0.849. The molecule has 1 heterocycles. The largest absolute Gasteiger partial charge is 0.465 e. The predicted octanol–water partition coefficient (Wildman–Crippen LogP) is 1.97. The Balaban J connectivity index is 2.16. The van der Waals surface area contributed by atoms with Crippen LogP contribution in [0.4, 0.5) is 5.69 Å². The van der Waals surface area contributed by atoms with E-state index in [-0.39, 0.29) is 12.5 Å². The van der Waals surface area contributed by atoms with Gasteiger partial charge >= 0.3 is 5.97 Å². The molecule has 9 heteroatoms. The molecule has 0 radical (unpaired) electrons. The van der Waals surface area contributed by atoms with Gasteiger partial charge in [0.05, 0.1) is 18.9 Å². The molecule has 8 nitrogen and oxygen atoms in total. The highest BCUT2D eigenvalue weighted by molar-refractivity contribution is 7.92. The zero-order valence-corrected chi connectivity index (χ0v) is 16.5. The molecule has 0 aliphatic carbocycles. The number of hydrogen-bond acceptors (Lipinski definition) is 5. The lowest BCUT2D eigenvalue weighted by molar-refractivity contribution is 0.0599. The van der Waals surface area contributed by atoms with Crippen molar-refractivity contribution in [2.45, 2.75) is 26.8 Å². The highest BCUT2D eigenvalue weighted by Crippen LogP contribution is 2.20. The van der Waals surface area contributed by atoms with Crippen molar-refractivity contribution >= 4 is 27.6 Å². The molecule has 0 saturated heterocycles. The molecule has 1 aromatic carbocycles. The molecule has 0 fully saturated rings. The molecular formula is C18H23N3O5S. The van der Waals surface area contributed by atoms with Crippen LogP contribution in [0.5, 0.6) is 0 Å². The number of nitrogens with one attached hydrogen (secondary N) is 3. The minimum absolute atomic E-state index is 0.200. The molecule has 0 aliphatic rings. The second kappa shape index (κ2) is 8.26. The number of aryl methyl sites for hydroxylation is 1. The van der Waals surface area contributed by atoms with Crippen molar-refractivity contribution < 1.29 is 22.7 Å². The van der Waals surface area contributed by atoms with Gasteiger partial charge in [-0.05, 0) is 36.6 Å². The van der Waals surface area contributed by atoms with Crippen molar-refractivity contribution in [3.05, 3.63) is 52.3 Å². The zero-order chi connectivity index (χ0) is 20.2. The number of aromatic nitrogens is 1. The van der Waals surface area contributed by atoms with E-state index in [0.29, 0.717) is 34.6 Å². The number of sulfonamides is 1. The van der Waals surface area contributed by atoms with Gasteiger partial charge in [-0.15, -0.1) is 0 Å². The molecule has 27 heavy (non-hydrogen) atoms. The zero-order valence-electron chi connectivity index (χ0n) is 15.7. The van der Waals surface area contributed by atoms with Gasteiger partial charge in [0.25, 0.3) is 5.91 Å². The van der Waals surface area contributed by atoms with Gasteiger partial charge in [0.15, 0.2) is 0 Å². The number of ether oxygens (including phenoxy) is 1. The lowest BCUT2D eigenvalue weighted by Crippen LogP contribution is -2.24. The number of aromatic amines is 1. The van der Waals surface area contributed by atoms with Crippen molar-refractivity contribution in [2.75, 3.05) is 18.1 Å². The van der Waals surface area contributed by atoms with Crippen molar-refractivity contribution in [1.29, 1.82) is 0 Å². The molecule has 2 aromatic rings. The number of esters is 1. The Hall–Kier alpha value is -2.81. The maximum absolute atomic E-state index is 12.5. The Labute approximate surface area is 158 Å². The smallest absolute Gasteiger partial charge is 0.339 e. The van der Waals surface area contributed by atoms with E-state index < -0.39 is 16.0 Å². The van der Waals surface area contributed by atoms with E-state index >= 15 is 0 Å². The number of carbonyl (C=O) groups is 2. The number of H-pyrrole nitrogens is 1. The Morgan fingerprint density at radius 3 is 2.56 bits per heavy atom. The number of amides is 1. The van der Waals surface area contributed by atoms with Crippen LogP contribution in [-0.2, 0) is 27.7 Å². The first-order chi connectivity index (χ1) is 12.7. The van der Waals surface area contributed by atoms with Crippen LogP contribution in [0, 0.1) is 6.92 Å². The predicted molar refractivity (Wildman–Crippen MR) is 102 cm³/mol. The number of rotatable bonds is 7. The topological polar surface area (TPSA) is 117 Å². The quantitative estimate of drug-likeness (QED) is 0.622. The molecule has 0 bridgehead atoms. The van der Waals surface area contributed by atoms with Crippen LogP contribution in [0.25, 0.3) is 0 Å². The number of benzene rings is 1. The SMILES string of the molecule is CCc1[nH]c(C(=O)NCc2cccc(NS(C)(=O)=O)c2)c(C)c1C(=O)OC. The minimum Gasteiger partial charge on any atom is -0.465 e. The maximum atomic E-state index is 12.5. The first kappa shape index (κ1) is 20.5. The summed E-state index contributed by atoms with van der Waals surface area (Å²) < 4.78 is 29.8. The monoisotopic (exact) mass is 393 g/mol. The third kappa shape index (κ3) is 5.10. The normalized spacial score (nSPS) is 11.1. The van der Waals surface area contributed by atoms with Crippen LogP contribution in [0.3, 0.4) is 0 Å². The van der Waals surface area contributed by atoms with E-state index in [1.165, 1.54) is 7.11 Å². The van der Waals surface area contributed by atoms with E-state index in [1.807, 2.05) is 6.92 Å². The highest BCUT2D eigenvalue weighted by atomic mass is 32.2. The summed E-state index contributed by atoms with van der Waals surface area (Å²) in [6.45, 7) is 3.76. The molecule has 146 valence electrons. The van der Waals surface area contributed by atoms with Gasteiger partial charge in [-0.25, -0.2) is 13.2 Å². The highest BCUT2D eigenvalue weighted by Gasteiger charge is 2.23. The number of anilines is 1. The van der Waals surface area contributed by atoms with Crippen molar-refractivity contribution in [3.63, 3.8) is 0 Å². The van der Waals surface area contributed by atoms with Gasteiger partial charge in [0.2, 0.25) is 10.0 Å². The molecule has 0 saturated carbocycles. The molecule has 0 atom stereocenters. The van der Waals surface area contributed by atoms with Crippen molar-refractivity contribution in [3.8, 4) is 0 Å². The molecule has 0 spiro atoms. The fourth-order valence-corrected chi connectivity index (χ4v) is 3.31. The molecule has 3 N–H and O–H groups in total. The fraction of sp³-hybridized carbons (Fsp3) is 0.333. The van der Waals surface area contributed by atoms with Crippen LogP contribution >= 0.6 is 0 Å². The molecule has 2 rings (SSSR count). The van der Waals surface area contributed by atoms with Crippen molar-refractivity contribution in [2.24, 2.45) is 0 Å². The first-order valence-corrected chi connectivity index (χ1v) is 10.2. The van der Waals surface area contributed by atoms with E-state index in [0.717, 1.165) is 11.8 Å². The van der Waals surface area contributed by atoms with Gasteiger partial charge < -0.3 is 15.0 Å². The maximum Gasteiger partial charge on any atom is 0.339 e. The fourth-order valence-electron chi connectivity index (χ4n) is 2.76. The van der Waals surface area contributed by atoms with Crippen LogP contribution in [0.15, 0.2) is 24.3 Å². The summed E-state index contributed by atoms with van der Waals surface area (Å²) in [5.41, 5.74) is 3.00. The Morgan fingerprint density at radius 1 is 1.26 bits per heavy atom. The van der Waals surface area contributed by atoms with Crippen LogP contribution in [-0.4, -0.2) is 38.6 Å². The van der Waals surface area contributed by atoms with Crippen LogP contribution in [0.2, 0.25) is 0 Å².